The second kappa shape index (κ2) is 7.33. The minimum atomic E-state index is -0.346. The van der Waals surface area contributed by atoms with Crippen LogP contribution in [0.3, 0.4) is 0 Å². The van der Waals surface area contributed by atoms with Crippen molar-refractivity contribution in [3.05, 3.63) is 59.4 Å². The highest BCUT2D eigenvalue weighted by atomic mass is 32.1. The quantitative estimate of drug-likeness (QED) is 0.688. The first-order chi connectivity index (χ1) is 13.1. The Hall–Kier alpha value is -2.98. The number of nitrogens with zero attached hydrogens (tertiary/aromatic N) is 3. The third-order valence-corrected chi connectivity index (χ3v) is 5.52. The number of rotatable bonds is 3. The van der Waals surface area contributed by atoms with Crippen molar-refractivity contribution in [3.63, 3.8) is 0 Å². The highest BCUT2D eigenvalue weighted by molar-refractivity contribution is 7.20. The predicted molar refractivity (Wildman–Crippen MR) is 100 cm³/mol. The van der Waals surface area contributed by atoms with Gasteiger partial charge in [0.1, 0.15) is 17.4 Å². The first kappa shape index (κ1) is 17.4. The van der Waals surface area contributed by atoms with Gasteiger partial charge in [0.15, 0.2) is 0 Å². The molecule has 1 amide bonds. The van der Waals surface area contributed by atoms with Gasteiger partial charge < -0.3 is 9.64 Å². The SMILES string of the molecule is N#Cc1ccc(C(=O)N2CCC(Oc3nc4c(F)cccc4s3)CC2)cc1. The van der Waals surface area contributed by atoms with Gasteiger partial charge in [-0.15, -0.1) is 0 Å². The Morgan fingerprint density at radius 2 is 1.96 bits per heavy atom. The van der Waals surface area contributed by atoms with E-state index in [0.29, 0.717) is 47.8 Å². The fourth-order valence-corrected chi connectivity index (χ4v) is 4.03. The maximum atomic E-state index is 13.8. The van der Waals surface area contributed by atoms with Gasteiger partial charge in [-0.2, -0.15) is 10.2 Å². The lowest BCUT2D eigenvalue weighted by atomic mass is 10.1. The number of halogens is 1. The summed E-state index contributed by atoms with van der Waals surface area (Å²) in [5.41, 5.74) is 1.45. The van der Waals surface area contributed by atoms with Gasteiger partial charge in [-0.3, -0.25) is 4.79 Å². The van der Waals surface area contributed by atoms with E-state index in [2.05, 4.69) is 4.98 Å². The number of carbonyl (C=O) groups excluding carboxylic acids is 1. The summed E-state index contributed by atoms with van der Waals surface area (Å²) < 4.78 is 20.4. The molecule has 3 aromatic rings. The predicted octanol–water partition coefficient (Wildman–Crippen LogP) is 3.99. The molecule has 1 saturated heterocycles. The third-order valence-electron chi connectivity index (χ3n) is 4.61. The van der Waals surface area contributed by atoms with Gasteiger partial charge in [0, 0.05) is 31.5 Å². The molecule has 1 fully saturated rings. The number of carbonyl (C=O) groups is 1. The number of para-hydroxylation sites is 1. The number of hydrogen-bond donors (Lipinski definition) is 0. The van der Waals surface area contributed by atoms with E-state index in [1.165, 1.54) is 17.4 Å². The third kappa shape index (κ3) is 3.62. The van der Waals surface area contributed by atoms with Gasteiger partial charge >= 0.3 is 0 Å². The maximum Gasteiger partial charge on any atom is 0.274 e. The molecule has 4 rings (SSSR count). The molecule has 1 aromatic heterocycles. The average molecular weight is 381 g/mol. The first-order valence-electron chi connectivity index (χ1n) is 8.65. The highest BCUT2D eigenvalue weighted by Crippen LogP contribution is 2.31. The number of hydrogen-bond acceptors (Lipinski definition) is 5. The van der Waals surface area contributed by atoms with Gasteiger partial charge in [-0.1, -0.05) is 17.4 Å². The summed E-state index contributed by atoms with van der Waals surface area (Å²) in [5.74, 6) is -0.388. The van der Waals surface area contributed by atoms with E-state index in [-0.39, 0.29) is 17.8 Å². The lowest BCUT2D eigenvalue weighted by Gasteiger charge is -2.31. The van der Waals surface area contributed by atoms with Gasteiger partial charge in [-0.25, -0.2) is 4.39 Å². The van der Waals surface area contributed by atoms with E-state index in [0.717, 1.165) is 4.70 Å². The van der Waals surface area contributed by atoms with Crippen molar-refractivity contribution < 1.29 is 13.9 Å². The standard InChI is InChI=1S/C20H16FN3O2S/c21-16-2-1-3-17-18(16)23-20(27-17)26-15-8-10-24(11-9-15)19(25)14-6-4-13(12-22)5-7-14/h1-7,15H,8-11H2. The fraction of sp³-hybridized carbons (Fsp3) is 0.250. The monoisotopic (exact) mass is 381 g/mol. The Balaban J connectivity index is 1.37. The molecule has 0 bridgehead atoms. The number of ether oxygens (including phenoxy) is 1. The van der Waals surface area contributed by atoms with Crippen molar-refractivity contribution in [1.82, 2.24) is 9.88 Å². The molecule has 136 valence electrons. The van der Waals surface area contributed by atoms with Crippen molar-refractivity contribution in [3.8, 4) is 11.3 Å². The minimum Gasteiger partial charge on any atom is -0.467 e. The Morgan fingerprint density at radius 3 is 2.63 bits per heavy atom. The number of benzene rings is 2. The molecule has 0 atom stereocenters. The molecule has 1 aliphatic heterocycles. The molecule has 0 aliphatic carbocycles. The molecule has 0 saturated carbocycles. The number of piperidine rings is 1. The average Bonchev–Trinajstić information content (AvgIpc) is 3.12. The van der Waals surface area contributed by atoms with Crippen LogP contribution in [-0.2, 0) is 0 Å². The Bertz CT molecular complexity index is 1020. The molecule has 0 unspecified atom stereocenters. The van der Waals surface area contributed by atoms with E-state index in [4.69, 9.17) is 10.00 Å². The normalized spacial score (nSPS) is 14.9. The van der Waals surface area contributed by atoms with Crippen LogP contribution in [0.4, 0.5) is 4.39 Å². The second-order valence-corrected chi connectivity index (χ2v) is 7.36. The summed E-state index contributed by atoms with van der Waals surface area (Å²) in [6.07, 6.45) is 1.35. The molecule has 1 aliphatic rings. The summed E-state index contributed by atoms with van der Waals surface area (Å²) >= 11 is 1.33. The molecule has 2 heterocycles. The minimum absolute atomic E-state index is 0.0417. The summed E-state index contributed by atoms with van der Waals surface area (Å²) in [7, 11) is 0. The summed E-state index contributed by atoms with van der Waals surface area (Å²) in [6.45, 7) is 1.17. The summed E-state index contributed by atoms with van der Waals surface area (Å²) in [5, 5.41) is 9.31. The molecular weight excluding hydrogens is 365 g/mol. The van der Waals surface area contributed by atoms with Crippen LogP contribution in [-0.4, -0.2) is 35.0 Å². The van der Waals surface area contributed by atoms with E-state index in [9.17, 15) is 9.18 Å². The van der Waals surface area contributed by atoms with Crippen LogP contribution in [0.25, 0.3) is 10.2 Å². The molecule has 5 nitrogen and oxygen atoms in total. The summed E-state index contributed by atoms with van der Waals surface area (Å²) in [6, 6.07) is 13.6. The van der Waals surface area contributed by atoms with Crippen molar-refractivity contribution in [2.75, 3.05) is 13.1 Å². The maximum absolute atomic E-state index is 13.8. The van der Waals surface area contributed by atoms with Gasteiger partial charge in [0.05, 0.1) is 16.3 Å². The molecule has 2 aromatic carbocycles. The topological polar surface area (TPSA) is 66.2 Å². The Labute approximate surface area is 159 Å². The van der Waals surface area contributed by atoms with Crippen molar-refractivity contribution in [2.24, 2.45) is 0 Å². The highest BCUT2D eigenvalue weighted by Gasteiger charge is 2.25. The molecule has 7 heteroatoms. The second-order valence-electron chi connectivity index (χ2n) is 6.36. The van der Waals surface area contributed by atoms with E-state index < -0.39 is 0 Å². The number of amides is 1. The van der Waals surface area contributed by atoms with E-state index in [1.54, 1.807) is 35.2 Å². The summed E-state index contributed by atoms with van der Waals surface area (Å²) in [4.78, 5) is 18.6. The number of fused-ring (bicyclic) bond motifs is 1. The van der Waals surface area contributed by atoms with E-state index in [1.807, 2.05) is 12.1 Å². The lowest BCUT2D eigenvalue weighted by Crippen LogP contribution is -2.41. The Kier molecular flexibility index (Phi) is 4.73. The van der Waals surface area contributed by atoms with Crippen LogP contribution in [0, 0.1) is 17.1 Å². The largest absolute Gasteiger partial charge is 0.467 e. The van der Waals surface area contributed by atoms with E-state index >= 15 is 0 Å². The van der Waals surface area contributed by atoms with Gasteiger partial charge in [-0.05, 0) is 36.4 Å². The molecule has 0 N–H and O–H groups in total. The Morgan fingerprint density at radius 1 is 1.22 bits per heavy atom. The molecular formula is C20H16FN3O2S. The van der Waals surface area contributed by atoms with Crippen molar-refractivity contribution in [1.29, 1.82) is 5.26 Å². The molecule has 0 radical (unpaired) electrons. The van der Waals surface area contributed by atoms with Crippen molar-refractivity contribution >= 4 is 27.5 Å². The van der Waals surface area contributed by atoms with Crippen LogP contribution < -0.4 is 4.74 Å². The van der Waals surface area contributed by atoms with Gasteiger partial charge in [0.25, 0.3) is 11.1 Å². The van der Waals surface area contributed by atoms with Crippen LogP contribution >= 0.6 is 11.3 Å². The zero-order valence-corrected chi connectivity index (χ0v) is 15.2. The zero-order valence-electron chi connectivity index (χ0n) is 14.4. The number of likely N-dealkylation sites (tertiary alicyclic amines) is 1. The molecule has 0 spiro atoms. The van der Waals surface area contributed by atoms with Crippen LogP contribution in [0.5, 0.6) is 5.19 Å². The number of nitriles is 1. The molecule has 27 heavy (non-hydrogen) atoms. The van der Waals surface area contributed by atoms with Crippen molar-refractivity contribution in [2.45, 2.75) is 18.9 Å². The zero-order chi connectivity index (χ0) is 18.8. The number of thiazole rings is 1. The first-order valence-corrected chi connectivity index (χ1v) is 9.47. The van der Waals surface area contributed by atoms with Crippen LogP contribution in [0.15, 0.2) is 42.5 Å². The smallest absolute Gasteiger partial charge is 0.274 e. The van der Waals surface area contributed by atoms with Gasteiger partial charge in [0.2, 0.25) is 0 Å². The van der Waals surface area contributed by atoms with Crippen LogP contribution in [0.2, 0.25) is 0 Å². The number of aromatic nitrogens is 1. The van der Waals surface area contributed by atoms with Crippen LogP contribution in [0.1, 0.15) is 28.8 Å². The fourth-order valence-electron chi connectivity index (χ4n) is 3.13. The lowest BCUT2D eigenvalue weighted by molar-refractivity contribution is 0.0595.